The van der Waals surface area contributed by atoms with Crippen molar-refractivity contribution in [1.29, 1.82) is 0 Å². The van der Waals surface area contributed by atoms with E-state index >= 15 is 0 Å². The number of hydrogen-bond acceptors (Lipinski definition) is 4. The smallest absolute Gasteiger partial charge is 0.130 e. The second kappa shape index (κ2) is 7.69. The van der Waals surface area contributed by atoms with Gasteiger partial charge in [-0.2, -0.15) is 0 Å². The predicted octanol–water partition coefficient (Wildman–Crippen LogP) is 2.77. The van der Waals surface area contributed by atoms with Crippen LogP contribution in [0.4, 0.5) is 0 Å². The summed E-state index contributed by atoms with van der Waals surface area (Å²) in [4.78, 5) is 0. The van der Waals surface area contributed by atoms with E-state index in [-0.39, 0.29) is 0 Å². The summed E-state index contributed by atoms with van der Waals surface area (Å²) in [7, 11) is 4.91. The fourth-order valence-corrected chi connectivity index (χ4v) is 1.86. The zero-order chi connectivity index (χ0) is 14.3. The van der Waals surface area contributed by atoms with Crippen molar-refractivity contribution in [3.63, 3.8) is 0 Å². The van der Waals surface area contributed by atoms with Gasteiger partial charge in [0, 0.05) is 24.7 Å². The van der Waals surface area contributed by atoms with Gasteiger partial charge in [-0.15, -0.1) is 6.58 Å². The van der Waals surface area contributed by atoms with Gasteiger partial charge < -0.3 is 19.5 Å². The average molecular weight is 265 g/mol. The van der Waals surface area contributed by atoms with Gasteiger partial charge in [0.05, 0.1) is 26.9 Å². The lowest BCUT2D eigenvalue weighted by atomic mass is 10.1. The molecule has 1 unspecified atom stereocenters. The van der Waals surface area contributed by atoms with Gasteiger partial charge in [0.2, 0.25) is 0 Å². The van der Waals surface area contributed by atoms with Crippen molar-refractivity contribution in [3.05, 3.63) is 30.4 Å². The Morgan fingerprint density at radius 2 is 1.74 bits per heavy atom. The van der Waals surface area contributed by atoms with E-state index in [4.69, 9.17) is 14.2 Å². The molecule has 4 nitrogen and oxygen atoms in total. The van der Waals surface area contributed by atoms with Crippen LogP contribution in [0.5, 0.6) is 17.2 Å². The molecule has 106 valence electrons. The first-order chi connectivity index (χ1) is 9.15. The molecule has 0 bridgehead atoms. The Balaban J connectivity index is 2.93. The molecule has 0 saturated heterocycles. The number of hydrogen-bond donors (Lipinski definition) is 1. The van der Waals surface area contributed by atoms with Crippen LogP contribution in [-0.4, -0.2) is 27.4 Å². The molecule has 1 atom stereocenters. The van der Waals surface area contributed by atoms with Gasteiger partial charge in [0.25, 0.3) is 0 Å². The van der Waals surface area contributed by atoms with Crippen LogP contribution in [0, 0.1) is 0 Å². The fraction of sp³-hybridized carbons (Fsp3) is 0.467. The van der Waals surface area contributed by atoms with E-state index in [1.807, 2.05) is 18.2 Å². The van der Waals surface area contributed by atoms with Crippen LogP contribution in [0.2, 0.25) is 0 Å². The van der Waals surface area contributed by atoms with Crippen LogP contribution in [0.1, 0.15) is 18.9 Å². The Hall–Kier alpha value is -1.68. The first-order valence-corrected chi connectivity index (χ1v) is 6.29. The SMILES string of the molecule is C=CCC(C)NCc1c(OC)cc(OC)cc1OC. The van der Waals surface area contributed by atoms with Crippen LogP contribution in [0.3, 0.4) is 0 Å². The third kappa shape index (κ3) is 4.17. The highest BCUT2D eigenvalue weighted by molar-refractivity contribution is 5.50. The highest BCUT2D eigenvalue weighted by Gasteiger charge is 2.13. The van der Waals surface area contributed by atoms with Gasteiger partial charge in [-0.05, 0) is 13.3 Å². The first-order valence-electron chi connectivity index (χ1n) is 6.29. The zero-order valence-electron chi connectivity index (χ0n) is 12.2. The lowest BCUT2D eigenvalue weighted by molar-refractivity contribution is 0.365. The standard InChI is InChI=1S/C15H23NO3/c1-6-7-11(2)16-10-13-14(18-4)8-12(17-3)9-15(13)19-5/h6,8-9,11,16H,1,7,10H2,2-5H3. The first kappa shape index (κ1) is 15.4. The summed E-state index contributed by atoms with van der Waals surface area (Å²) in [6, 6.07) is 4.07. The summed E-state index contributed by atoms with van der Waals surface area (Å²) < 4.78 is 16.0. The molecule has 0 aliphatic heterocycles. The van der Waals surface area contributed by atoms with Crippen molar-refractivity contribution in [2.75, 3.05) is 21.3 Å². The van der Waals surface area contributed by atoms with Crippen molar-refractivity contribution in [3.8, 4) is 17.2 Å². The minimum Gasteiger partial charge on any atom is -0.496 e. The molecule has 1 aromatic rings. The molecule has 0 spiro atoms. The largest absolute Gasteiger partial charge is 0.496 e. The Kier molecular flexibility index (Phi) is 6.22. The topological polar surface area (TPSA) is 39.7 Å². The number of nitrogens with one attached hydrogen (secondary N) is 1. The van der Waals surface area contributed by atoms with Crippen molar-refractivity contribution in [2.24, 2.45) is 0 Å². The Morgan fingerprint density at radius 3 is 2.16 bits per heavy atom. The molecule has 0 radical (unpaired) electrons. The third-order valence-electron chi connectivity index (χ3n) is 2.96. The maximum absolute atomic E-state index is 5.40. The second-order valence-corrected chi connectivity index (χ2v) is 4.32. The summed E-state index contributed by atoms with van der Waals surface area (Å²) in [6.07, 6.45) is 2.82. The minimum atomic E-state index is 0.356. The van der Waals surface area contributed by atoms with Gasteiger partial charge >= 0.3 is 0 Å². The summed E-state index contributed by atoms with van der Waals surface area (Å²) in [6.45, 7) is 6.53. The van der Waals surface area contributed by atoms with Gasteiger partial charge in [0.1, 0.15) is 17.2 Å². The molecule has 0 aliphatic carbocycles. The van der Waals surface area contributed by atoms with Crippen LogP contribution in [0.25, 0.3) is 0 Å². The van der Waals surface area contributed by atoms with Crippen molar-refractivity contribution < 1.29 is 14.2 Å². The molecule has 0 aromatic heterocycles. The van der Waals surface area contributed by atoms with Crippen LogP contribution < -0.4 is 19.5 Å². The summed E-state index contributed by atoms with van der Waals surface area (Å²) in [5.74, 6) is 2.24. The molecule has 0 saturated carbocycles. The van der Waals surface area contributed by atoms with Gasteiger partial charge in [0.15, 0.2) is 0 Å². The number of ether oxygens (including phenoxy) is 3. The lowest BCUT2D eigenvalue weighted by Crippen LogP contribution is -2.25. The van der Waals surface area contributed by atoms with Gasteiger partial charge in [-0.3, -0.25) is 0 Å². The normalized spacial score (nSPS) is 11.8. The van der Waals surface area contributed by atoms with Crippen LogP contribution in [-0.2, 0) is 6.54 Å². The molecule has 0 fully saturated rings. The maximum atomic E-state index is 5.40. The highest BCUT2D eigenvalue weighted by atomic mass is 16.5. The molecule has 0 heterocycles. The van der Waals surface area contributed by atoms with Crippen molar-refractivity contribution in [2.45, 2.75) is 25.9 Å². The van der Waals surface area contributed by atoms with Crippen molar-refractivity contribution >= 4 is 0 Å². The molecule has 0 aliphatic rings. The summed E-state index contributed by atoms with van der Waals surface area (Å²) in [5, 5.41) is 3.41. The van der Waals surface area contributed by atoms with E-state index in [9.17, 15) is 0 Å². The molecular formula is C15H23NO3. The van der Waals surface area contributed by atoms with Crippen LogP contribution >= 0.6 is 0 Å². The molecular weight excluding hydrogens is 242 g/mol. The molecule has 4 heteroatoms. The molecule has 1 N–H and O–H groups in total. The van der Waals surface area contributed by atoms with E-state index < -0.39 is 0 Å². The second-order valence-electron chi connectivity index (χ2n) is 4.32. The summed E-state index contributed by atoms with van der Waals surface area (Å²) >= 11 is 0. The Bertz CT molecular complexity index is 393. The lowest BCUT2D eigenvalue weighted by Gasteiger charge is -2.17. The Labute approximate surface area is 115 Å². The van der Waals surface area contributed by atoms with E-state index in [0.717, 1.165) is 29.2 Å². The quantitative estimate of drug-likeness (QED) is 0.734. The molecule has 19 heavy (non-hydrogen) atoms. The predicted molar refractivity (Wildman–Crippen MR) is 77.2 cm³/mol. The number of benzene rings is 1. The monoisotopic (exact) mass is 265 g/mol. The van der Waals surface area contributed by atoms with Gasteiger partial charge in [-0.1, -0.05) is 6.08 Å². The van der Waals surface area contributed by atoms with E-state index in [2.05, 4.69) is 18.8 Å². The maximum Gasteiger partial charge on any atom is 0.130 e. The number of rotatable bonds is 8. The van der Waals surface area contributed by atoms with E-state index in [1.165, 1.54) is 0 Å². The molecule has 0 amide bonds. The van der Waals surface area contributed by atoms with E-state index in [1.54, 1.807) is 21.3 Å². The van der Waals surface area contributed by atoms with E-state index in [0.29, 0.717) is 12.6 Å². The Morgan fingerprint density at radius 1 is 1.16 bits per heavy atom. The highest BCUT2D eigenvalue weighted by Crippen LogP contribution is 2.33. The summed E-state index contributed by atoms with van der Waals surface area (Å²) in [5.41, 5.74) is 0.988. The zero-order valence-corrected chi connectivity index (χ0v) is 12.2. The van der Waals surface area contributed by atoms with Crippen LogP contribution in [0.15, 0.2) is 24.8 Å². The third-order valence-corrected chi connectivity index (χ3v) is 2.96. The van der Waals surface area contributed by atoms with Crippen molar-refractivity contribution in [1.82, 2.24) is 5.32 Å². The fourth-order valence-electron chi connectivity index (χ4n) is 1.86. The molecule has 1 aromatic carbocycles. The number of methoxy groups -OCH3 is 3. The average Bonchev–Trinajstić information content (AvgIpc) is 2.44. The molecule has 1 rings (SSSR count). The minimum absolute atomic E-state index is 0.356. The van der Waals surface area contributed by atoms with Gasteiger partial charge in [-0.25, -0.2) is 0 Å².